The van der Waals surface area contributed by atoms with Crippen LogP contribution in [0, 0.1) is 11.3 Å². The van der Waals surface area contributed by atoms with Gasteiger partial charge in [-0.1, -0.05) is 0 Å². The van der Waals surface area contributed by atoms with Gasteiger partial charge in [0.25, 0.3) is 5.91 Å². The van der Waals surface area contributed by atoms with Crippen molar-refractivity contribution in [2.75, 3.05) is 37.7 Å². The minimum Gasteiger partial charge on any atom is -0.422 e. The van der Waals surface area contributed by atoms with Crippen LogP contribution >= 0.6 is 0 Å². The number of carbonyl (C=O) groups is 1. The van der Waals surface area contributed by atoms with Gasteiger partial charge in [0.2, 0.25) is 0 Å². The van der Waals surface area contributed by atoms with Gasteiger partial charge in [0, 0.05) is 42.9 Å². The summed E-state index contributed by atoms with van der Waals surface area (Å²) in [6.45, 7) is 5.16. The molecule has 4 rings (SSSR count). The standard InChI is InChI=1S/C23H25N3O4/c1-2-29-10-7-25-22(27)18(14-24)13-17-12-16-11-15-5-3-8-26-9-4-6-19(20(15)26)21(16)30-23(17)28/h11-13H,2-10H2,1H3,(H,25,27)/b18-13+. The van der Waals surface area contributed by atoms with Crippen LogP contribution in [-0.4, -0.2) is 38.8 Å². The van der Waals surface area contributed by atoms with Gasteiger partial charge in [0.15, 0.2) is 0 Å². The fraction of sp³-hybridized carbons (Fsp3) is 0.435. The molecule has 7 heteroatoms. The molecule has 0 atom stereocenters. The van der Waals surface area contributed by atoms with E-state index in [1.165, 1.54) is 17.3 Å². The Morgan fingerprint density at radius 1 is 1.33 bits per heavy atom. The lowest BCUT2D eigenvalue weighted by Gasteiger charge is -2.37. The van der Waals surface area contributed by atoms with Crippen LogP contribution in [0.25, 0.3) is 17.0 Å². The van der Waals surface area contributed by atoms with Crippen LogP contribution in [0.4, 0.5) is 5.69 Å². The topological polar surface area (TPSA) is 95.6 Å². The molecule has 0 saturated carbocycles. The molecular formula is C23H25N3O4. The molecule has 0 bridgehead atoms. The molecule has 30 heavy (non-hydrogen) atoms. The van der Waals surface area contributed by atoms with E-state index in [9.17, 15) is 14.9 Å². The molecule has 0 saturated heterocycles. The first kappa shape index (κ1) is 20.2. The second-order valence-electron chi connectivity index (χ2n) is 7.59. The Hall–Kier alpha value is -3.11. The molecule has 0 unspecified atom stereocenters. The van der Waals surface area contributed by atoms with Crippen LogP contribution in [-0.2, 0) is 22.4 Å². The fourth-order valence-corrected chi connectivity index (χ4v) is 4.34. The summed E-state index contributed by atoms with van der Waals surface area (Å²) in [5.74, 6) is -0.534. The summed E-state index contributed by atoms with van der Waals surface area (Å²) in [5.41, 5.74) is 3.77. The third kappa shape index (κ3) is 3.83. The van der Waals surface area contributed by atoms with E-state index in [2.05, 4.69) is 16.3 Å². The second-order valence-corrected chi connectivity index (χ2v) is 7.59. The minimum absolute atomic E-state index is 0.136. The zero-order valence-corrected chi connectivity index (χ0v) is 17.1. The predicted molar refractivity (Wildman–Crippen MR) is 114 cm³/mol. The maximum Gasteiger partial charge on any atom is 0.343 e. The first-order chi connectivity index (χ1) is 14.6. The van der Waals surface area contributed by atoms with Gasteiger partial charge < -0.3 is 19.4 Å². The summed E-state index contributed by atoms with van der Waals surface area (Å²) >= 11 is 0. The maximum absolute atomic E-state index is 12.7. The van der Waals surface area contributed by atoms with Gasteiger partial charge in [0.05, 0.1) is 12.2 Å². The Morgan fingerprint density at radius 2 is 2.13 bits per heavy atom. The van der Waals surface area contributed by atoms with Gasteiger partial charge in [-0.2, -0.15) is 5.26 Å². The van der Waals surface area contributed by atoms with E-state index in [1.807, 2.05) is 13.0 Å². The Balaban J connectivity index is 1.70. The smallest absolute Gasteiger partial charge is 0.343 e. The number of aryl methyl sites for hydroxylation is 2. The number of hydrogen-bond acceptors (Lipinski definition) is 6. The van der Waals surface area contributed by atoms with Gasteiger partial charge in [-0.05, 0) is 56.4 Å². The largest absolute Gasteiger partial charge is 0.422 e. The number of ether oxygens (including phenoxy) is 1. The molecule has 2 aliphatic rings. The highest BCUT2D eigenvalue weighted by molar-refractivity contribution is 6.02. The molecule has 0 aliphatic carbocycles. The Morgan fingerprint density at radius 3 is 2.90 bits per heavy atom. The van der Waals surface area contributed by atoms with E-state index in [0.717, 1.165) is 49.7 Å². The number of anilines is 1. The van der Waals surface area contributed by atoms with Crippen molar-refractivity contribution in [2.24, 2.45) is 0 Å². The number of benzene rings is 1. The lowest BCUT2D eigenvalue weighted by atomic mass is 9.90. The average Bonchev–Trinajstić information content (AvgIpc) is 2.76. The number of hydrogen-bond donors (Lipinski definition) is 1. The molecule has 2 aliphatic heterocycles. The number of carbonyl (C=O) groups excluding carboxylic acids is 1. The van der Waals surface area contributed by atoms with E-state index in [4.69, 9.17) is 9.15 Å². The summed E-state index contributed by atoms with van der Waals surface area (Å²) < 4.78 is 10.9. The molecular weight excluding hydrogens is 382 g/mol. The van der Waals surface area contributed by atoms with E-state index < -0.39 is 11.5 Å². The molecule has 0 radical (unpaired) electrons. The molecule has 1 aromatic heterocycles. The number of nitrogens with zero attached hydrogens (tertiary/aromatic N) is 2. The molecule has 1 aromatic carbocycles. The summed E-state index contributed by atoms with van der Waals surface area (Å²) in [6, 6.07) is 5.69. The zero-order chi connectivity index (χ0) is 21.1. The van der Waals surface area contributed by atoms with Crippen molar-refractivity contribution in [1.82, 2.24) is 5.32 Å². The van der Waals surface area contributed by atoms with Gasteiger partial charge in [-0.3, -0.25) is 4.79 Å². The zero-order valence-electron chi connectivity index (χ0n) is 17.1. The van der Waals surface area contributed by atoms with Gasteiger partial charge >= 0.3 is 5.63 Å². The predicted octanol–water partition coefficient (Wildman–Crippen LogP) is 2.55. The Labute approximate surface area is 174 Å². The van der Waals surface area contributed by atoms with Crippen molar-refractivity contribution in [3.05, 3.63) is 44.8 Å². The van der Waals surface area contributed by atoms with E-state index in [-0.39, 0.29) is 11.1 Å². The average molecular weight is 407 g/mol. The normalized spacial score (nSPS) is 15.6. The van der Waals surface area contributed by atoms with Gasteiger partial charge in [-0.15, -0.1) is 0 Å². The molecule has 1 amide bonds. The van der Waals surface area contributed by atoms with E-state index >= 15 is 0 Å². The lowest BCUT2D eigenvalue weighted by molar-refractivity contribution is -0.117. The van der Waals surface area contributed by atoms with Crippen LogP contribution in [0.3, 0.4) is 0 Å². The molecule has 1 N–H and O–H groups in total. The molecule has 3 heterocycles. The van der Waals surface area contributed by atoms with E-state index in [1.54, 1.807) is 6.07 Å². The van der Waals surface area contributed by atoms with Crippen molar-refractivity contribution in [3.8, 4) is 6.07 Å². The van der Waals surface area contributed by atoms with Crippen molar-refractivity contribution in [1.29, 1.82) is 5.26 Å². The molecule has 2 aromatic rings. The summed E-state index contributed by atoms with van der Waals surface area (Å²) in [7, 11) is 0. The maximum atomic E-state index is 12.7. The third-order valence-electron chi connectivity index (χ3n) is 5.64. The summed E-state index contributed by atoms with van der Waals surface area (Å²) in [4.78, 5) is 27.3. The Kier molecular flexibility index (Phi) is 5.86. The fourth-order valence-electron chi connectivity index (χ4n) is 4.34. The number of fused-ring (bicyclic) bond motifs is 2. The molecule has 0 fully saturated rings. The van der Waals surface area contributed by atoms with Crippen LogP contribution < -0.4 is 15.8 Å². The third-order valence-corrected chi connectivity index (χ3v) is 5.64. The van der Waals surface area contributed by atoms with Crippen molar-refractivity contribution in [2.45, 2.75) is 32.6 Å². The first-order valence-electron chi connectivity index (χ1n) is 10.5. The monoisotopic (exact) mass is 407 g/mol. The van der Waals surface area contributed by atoms with Crippen molar-refractivity contribution in [3.63, 3.8) is 0 Å². The number of nitrogens with one attached hydrogen (secondary N) is 1. The molecule has 0 spiro atoms. The number of nitriles is 1. The molecule has 7 nitrogen and oxygen atoms in total. The first-order valence-corrected chi connectivity index (χ1v) is 10.5. The van der Waals surface area contributed by atoms with Crippen LogP contribution in [0.15, 0.2) is 26.9 Å². The second kappa shape index (κ2) is 8.72. The minimum atomic E-state index is -0.540. The van der Waals surface area contributed by atoms with Crippen LogP contribution in [0.5, 0.6) is 0 Å². The Bertz CT molecular complexity index is 1110. The summed E-state index contributed by atoms with van der Waals surface area (Å²) in [5, 5.41) is 12.9. The van der Waals surface area contributed by atoms with E-state index in [0.29, 0.717) is 25.3 Å². The highest BCUT2D eigenvalue weighted by Gasteiger charge is 2.27. The van der Waals surface area contributed by atoms with Gasteiger partial charge in [0.1, 0.15) is 17.2 Å². The quantitative estimate of drug-likeness (QED) is 0.342. The SMILES string of the molecule is CCOCCNC(=O)/C(C#N)=C/c1cc2cc3c4c(c2oc1=O)CCCN4CCC3. The van der Waals surface area contributed by atoms with Crippen LogP contribution in [0.1, 0.15) is 36.5 Å². The highest BCUT2D eigenvalue weighted by Crippen LogP contribution is 2.39. The molecule has 156 valence electrons. The summed E-state index contributed by atoms with van der Waals surface area (Å²) in [6.07, 6.45) is 5.35. The number of rotatable bonds is 6. The van der Waals surface area contributed by atoms with Crippen molar-refractivity contribution < 1.29 is 13.9 Å². The van der Waals surface area contributed by atoms with Crippen molar-refractivity contribution >= 4 is 28.6 Å². The highest BCUT2D eigenvalue weighted by atomic mass is 16.5. The lowest BCUT2D eigenvalue weighted by Crippen LogP contribution is -2.34. The van der Waals surface area contributed by atoms with Gasteiger partial charge in [-0.25, -0.2) is 4.79 Å². The van der Waals surface area contributed by atoms with Crippen LogP contribution in [0.2, 0.25) is 0 Å². The number of amides is 1.